The number of hydrogen-bond acceptors (Lipinski definition) is 5. The molecule has 0 aliphatic carbocycles. The molecule has 0 aliphatic rings. The number of para-hydroxylation sites is 1. The smallest absolute Gasteiger partial charge is 0.282 e. The molecule has 39 heavy (non-hydrogen) atoms. The van der Waals surface area contributed by atoms with Crippen LogP contribution in [0.5, 0.6) is 5.75 Å². The van der Waals surface area contributed by atoms with Crippen molar-refractivity contribution in [2.45, 2.75) is 6.61 Å². The van der Waals surface area contributed by atoms with Crippen LogP contribution < -0.4 is 10.3 Å². The van der Waals surface area contributed by atoms with E-state index in [0.29, 0.717) is 34.7 Å². The molecule has 0 radical (unpaired) electrons. The minimum absolute atomic E-state index is 0.280. The molecule has 0 spiro atoms. The average Bonchev–Trinajstić information content (AvgIpc) is 3.36. The number of aromatic nitrogens is 2. The van der Waals surface area contributed by atoms with Crippen molar-refractivity contribution >= 4 is 82.5 Å². The zero-order valence-corrected chi connectivity index (χ0v) is 25.5. The van der Waals surface area contributed by atoms with Gasteiger partial charge in [0.05, 0.1) is 20.7 Å². The van der Waals surface area contributed by atoms with E-state index in [1.165, 1.54) is 4.68 Å². The Labute approximate surface area is 253 Å². The van der Waals surface area contributed by atoms with Crippen molar-refractivity contribution < 1.29 is 9.15 Å². The van der Waals surface area contributed by atoms with Crippen LogP contribution in [0.15, 0.2) is 114 Å². The molecular weight excluding hydrogens is 737 g/mol. The maximum Gasteiger partial charge on any atom is 0.282 e. The molecule has 4 aromatic carbocycles. The van der Waals surface area contributed by atoms with Crippen LogP contribution in [0, 0.1) is 3.57 Å². The van der Waals surface area contributed by atoms with Crippen molar-refractivity contribution in [1.29, 1.82) is 0 Å². The first-order valence-electron chi connectivity index (χ1n) is 11.9. The Kier molecular flexibility index (Phi) is 7.37. The highest BCUT2D eigenvalue weighted by Gasteiger charge is 2.16. The van der Waals surface area contributed by atoms with Crippen molar-refractivity contribution in [2.75, 3.05) is 0 Å². The topological polar surface area (TPSA) is 69.6 Å². The van der Waals surface area contributed by atoms with Gasteiger partial charge in [0.25, 0.3) is 5.56 Å². The first kappa shape index (κ1) is 26.0. The summed E-state index contributed by atoms with van der Waals surface area (Å²) in [4.78, 5) is 18.3. The molecule has 0 aliphatic heterocycles. The Hall–Kier alpha value is -3.28. The molecule has 0 saturated carbocycles. The lowest BCUT2D eigenvalue weighted by Crippen LogP contribution is -2.20. The van der Waals surface area contributed by atoms with Crippen LogP contribution in [-0.4, -0.2) is 15.9 Å². The SMILES string of the molecule is O=c1c2ccccc2nc(-c2cc3cc(Br)ccc3o2)n1N=Cc1ccc(OCc2ccc(Br)cc2)c(I)c1. The van der Waals surface area contributed by atoms with Gasteiger partial charge in [-0.05, 0) is 100 Å². The number of nitrogens with zero attached hydrogens (tertiary/aromatic N) is 3. The van der Waals surface area contributed by atoms with Gasteiger partial charge in [-0.25, -0.2) is 4.98 Å². The largest absolute Gasteiger partial charge is 0.488 e. The Morgan fingerprint density at radius 2 is 1.74 bits per heavy atom. The molecule has 6 rings (SSSR count). The minimum atomic E-state index is -0.280. The molecule has 0 fully saturated rings. The molecule has 9 heteroatoms. The molecule has 0 unspecified atom stereocenters. The third-order valence-corrected chi connectivity index (χ3v) is 7.90. The van der Waals surface area contributed by atoms with Crippen molar-refractivity contribution in [2.24, 2.45) is 5.10 Å². The van der Waals surface area contributed by atoms with Gasteiger partial charge in [0.1, 0.15) is 17.9 Å². The van der Waals surface area contributed by atoms with E-state index in [9.17, 15) is 4.79 Å². The average molecular weight is 755 g/mol. The summed E-state index contributed by atoms with van der Waals surface area (Å²) in [6, 6.07) is 28.6. The zero-order valence-electron chi connectivity index (χ0n) is 20.1. The van der Waals surface area contributed by atoms with Gasteiger partial charge in [0, 0.05) is 14.3 Å². The fourth-order valence-electron chi connectivity index (χ4n) is 4.10. The maximum atomic E-state index is 13.5. The fourth-order valence-corrected chi connectivity index (χ4v) is 5.43. The Morgan fingerprint density at radius 1 is 0.949 bits per heavy atom. The van der Waals surface area contributed by atoms with Gasteiger partial charge >= 0.3 is 0 Å². The number of ether oxygens (including phenoxy) is 1. The van der Waals surface area contributed by atoms with Gasteiger partial charge in [-0.15, -0.1) is 0 Å². The van der Waals surface area contributed by atoms with Crippen LogP contribution in [0.4, 0.5) is 0 Å². The highest BCUT2D eigenvalue weighted by atomic mass is 127. The van der Waals surface area contributed by atoms with E-state index in [1.54, 1.807) is 12.3 Å². The van der Waals surface area contributed by atoms with E-state index >= 15 is 0 Å². The first-order valence-corrected chi connectivity index (χ1v) is 14.5. The Morgan fingerprint density at radius 3 is 2.56 bits per heavy atom. The van der Waals surface area contributed by atoms with E-state index in [2.05, 4.69) is 59.6 Å². The van der Waals surface area contributed by atoms with Crippen LogP contribution in [0.3, 0.4) is 0 Å². The van der Waals surface area contributed by atoms with E-state index in [4.69, 9.17) is 14.1 Å². The second-order valence-electron chi connectivity index (χ2n) is 8.71. The van der Waals surface area contributed by atoms with Crippen molar-refractivity contribution in [3.05, 3.63) is 125 Å². The van der Waals surface area contributed by atoms with Crippen molar-refractivity contribution in [3.63, 3.8) is 0 Å². The predicted molar refractivity (Wildman–Crippen MR) is 170 cm³/mol. The number of furan rings is 1. The lowest BCUT2D eigenvalue weighted by Gasteiger charge is -2.09. The van der Waals surface area contributed by atoms with E-state index in [1.807, 2.05) is 84.9 Å². The number of halogens is 3. The van der Waals surface area contributed by atoms with Crippen LogP contribution in [0.25, 0.3) is 33.5 Å². The van der Waals surface area contributed by atoms with Gasteiger partial charge < -0.3 is 9.15 Å². The van der Waals surface area contributed by atoms with Crippen molar-refractivity contribution in [3.8, 4) is 17.3 Å². The molecule has 192 valence electrons. The summed E-state index contributed by atoms with van der Waals surface area (Å²) in [5.74, 6) is 1.55. The molecule has 2 aromatic heterocycles. The van der Waals surface area contributed by atoms with Gasteiger partial charge in [-0.1, -0.05) is 56.1 Å². The summed E-state index contributed by atoms with van der Waals surface area (Å²) < 4.78 is 16.3. The molecule has 6 aromatic rings. The van der Waals surface area contributed by atoms with Crippen LogP contribution in [0.2, 0.25) is 0 Å². The normalized spacial score (nSPS) is 11.6. The predicted octanol–water partition coefficient (Wildman–Crippen LogP) is 8.40. The lowest BCUT2D eigenvalue weighted by molar-refractivity contribution is 0.304. The highest BCUT2D eigenvalue weighted by molar-refractivity contribution is 14.1. The van der Waals surface area contributed by atoms with Crippen molar-refractivity contribution in [1.82, 2.24) is 9.66 Å². The van der Waals surface area contributed by atoms with Crippen LogP contribution in [-0.2, 0) is 6.61 Å². The number of rotatable bonds is 6. The third-order valence-electron chi connectivity index (χ3n) is 6.04. The molecule has 0 saturated heterocycles. The van der Waals surface area contributed by atoms with Gasteiger partial charge in [-0.2, -0.15) is 9.78 Å². The number of hydrogen-bond donors (Lipinski definition) is 0. The summed E-state index contributed by atoms with van der Waals surface area (Å²) in [5, 5.41) is 5.93. The molecular formula is C30H18Br2IN3O3. The molecule has 0 N–H and O–H groups in total. The van der Waals surface area contributed by atoms with E-state index in [-0.39, 0.29) is 5.56 Å². The third kappa shape index (κ3) is 5.57. The second-order valence-corrected chi connectivity index (χ2v) is 11.7. The number of benzene rings is 4. The highest BCUT2D eigenvalue weighted by Crippen LogP contribution is 2.29. The standard InChI is InChI=1S/C30H18Br2IN3O3/c31-21-8-5-18(6-9-21)17-38-27-11-7-19(13-24(27)33)16-34-36-29(35-25-4-2-1-3-23(25)30(36)37)28-15-20-14-22(32)10-12-26(20)39-28/h1-16H,17H2. The van der Waals surface area contributed by atoms with E-state index in [0.717, 1.165) is 34.8 Å². The summed E-state index contributed by atoms with van der Waals surface area (Å²) in [7, 11) is 0. The zero-order chi connectivity index (χ0) is 26.9. The van der Waals surface area contributed by atoms with Gasteiger partial charge in [0.15, 0.2) is 5.76 Å². The monoisotopic (exact) mass is 753 g/mol. The second kappa shape index (κ2) is 11.1. The molecule has 0 atom stereocenters. The summed E-state index contributed by atoms with van der Waals surface area (Å²) >= 11 is 9.18. The quantitative estimate of drug-likeness (QED) is 0.127. The molecule has 6 nitrogen and oxygen atoms in total. The molecule has 2 heterocycles. The maximum absolute atomic E-state index is 13.5. The fraction of sp³-hybridized carbons (Fsp3) is 0.0333. The summed E-state index contributed by atoms with van der Waals surface area (Å²) in [6.45, 7) is 0.465. The Bertz CT molecular complexity index is 1930. The van der Waals surface area contributed by atoms with Gasteiger partial charge in [0.2, 0.25) is 5.82 Å². The molecule has 0 amide bonds. The summed E-state index contributed by atoms with van der Waals surface area (Å²) in [5.41, 5.74) is 2.88. The van der Waals surface area contributed by atoms with Crippen LogP contribution in [0.1, 0.15) is 11.1 Å². The van der Waals surface area contributed by atoms with Crippen LogP contribution >= 0.6 is 54.5 Å². The first-order chi connectivity index (χ1) is 18.9. The lowest BCUT2D eigenvalue weighted by atomic mass is 10.2. The van der Waals surface area contributed by atoms with E-state index < -0.39 is 0 Å². The minimum Gasteiger partial charge on any atom is -0.488 e. The molecule has 0 bridgehead atoms. The number of fused-ring (bicyclic) bond motifs is 2. The summed E-state index contributed by atoms with van der Waals surface area (Å²) in [6.07, 6.45) is 1.64. The Balaban J connectivity index is 1.35. The van der Waals surface area contributed by atoms with Gasteiger partial charge in [-0.3, -0.25) is 4.79 Å².